The Bertz CT molecular complexity index is 184. The Hall–Kier alpha value is -0.620. The van der Waals surface area contributed by atoms with Crippen LogP contribution >= 0.6 is 7.92 Å². The van der Waals surface area contributed by atoms with Gasteiger partial charge in [-0.25, -0.2) is 4.79 Å². The molecular weight excluding hydrogens is 147 g/mol. The van der Waals surface area contributed by atoms with Crippen molar-refractivity contribution in [1.29, 1.82) is 0 Å². The molecule has 0 aromatic heterocycles. The number of hydrogen-bond acceptors (Lipinski definition) is 1. The highest BCUT2D eigenvalue weighted by Gasteiger charge is 2.03. The van der Waals surface area contributed by atoms with Crippen molar-refractivity contribution in [2.75, 3.05) is 6.16 Å². The third-order valence-electron chi connectivity index (χ3n) is 1.26. The van der Waals surface area contributed by atoms with E-state index in [1.54, 1.807) is 5.82 Å². The summed E-state index contributed by atoms with van der Waals surface area (Å²) < 4.78 is 0. The molecule has 0 aromatic carbocycles. The van der Waals surface area contributed by atoms with Gasteiger partial charge in [-0.05, 0) is 18.4 Å². The second-order valence-corrected chi connectivity index (χ2v) is 4.14. The fourth-order valence-corrected chi connectivity index (χ4v) is 2.38. The van der Waals surface area contributed by atoms with Gasteiger partial charge < -0.3 is 5.11 Å². The summed E-state index contributed by atoms with van der Waals surface area (Å²) in [6.07, 6.45) is 5.58. The van der Waals surface area contributed by atoms with Gasteiger partial charge in [0.2, 0.25) is 0 Å². The third kappa shape index (κ3) is 2.32. The number of carbonyl (C=O) groups is 1. The van der Waals surface area contributed by atoms with Crippen molar-refractivity contribution in [3.8, 4) is 0 Å². The summed E-state index contributed by atoms with van der Waals surface area (Å²) >= 11 is 0. The Balaban J connectivity index is 2.37. The number of rotatable bonds is 2. The lowest BCUT2D eigenvalue weighted by atomic mass is 10.5. The van der Waals surface area contributed by atoms with Crippen LogP contribution in [0.3, 0.4) is 0 Å². The minimum atomic E-state index is -0.845. The molecule has 0 aliphatic carbocycles. The van der Waals surface area contributed by atoms with Gasteiger partial charge in [-0.2, -0.15) is 0 Å². The van der Waals surface area contributed by atoms with Crippen LogP contribution < -0.4 is 0 Å². The van der Waals surface area contributed by atoms with E-state index in [4.69, 9.17) is 5.11 Å². The fraction of sp³-hybridized carbons (Fsp3) is 0.286. The van der Waals surface area contributed by atoms with Crippen molar-refractivity contribution >= 4 is 13.9 Å². The van der Waals surface area contributed by atoms with E-state index >= 15 is 0 Å². The smallest absolute Gasteiger partial charge is 0.328 e. The lowest BCUT2D eigenvalue weighted by Gasteiger charge is -1.96. The molecule has 2 nitrogen and oxygen atoms in total. The molecule has 1 N–H and O–H groups in total. The van der Waals surface area contributed by atoms with E-state index < -0.39 is 5.97 Å². The molecule has 0 saturated heterocycles. The first-order chi connectivity index (χ1) is 4.79. The molecule has 0 radical (unpaired) electrons. The summed E-state index contributed by atoms with van der Waals surface area (Å²) in [5.41, 5.74) is 0. The van der Waals surface area contributed by atoms with E-state index in [1.165, 1.54) is 6.08 Å². The molecule has 1 rings (SSSR count). The topological polar surface area (TPSA) is 37.3 Å². The molecule has 0 spiro atoms. The van der Waals surface area contributed by atoms with E-state index in [-0.39, 0.29) is 7.92 Å². The molecule has 1 aliphatic rings. The average molecular weight is 156 g/mol. The highest BCUT2D eigenvalue weighted by atomic mass is 31.1. The summed E-state index contributed by atoms with van der Waals surface area (Å²) in [5.74, 6) is 3.05. The van der Waals surface area contributed by atoms with E-state index in [0.29, 0.717) is 0 Å². The fourth-order valence-electron chi connectivity index (χ4n) is 0.792. The molecule has 10 heavy (non-hydrogen) atoms. The van der Waals surface area contributed by atoms with Crippen LogP contribution in [-0.4, -0.2) is 17.2 Å². The number of carboxylic acids is 1. The highest BCUT2D eigenvalue weighted by Crippen LogP contribution is 2.43. The quantitative estimate of drug-likeness (QED) is 0.490. The van der Waals surface area contributed by atoms with Crippen LogP contribution in [0.5, 0.6) is 0 Å². The zero-order valence-corrected chi connectivity index (χ0v) is 6.42. The minimum Gasteiger partial charge on any atom is -0.478 e. The first-order valence-corrected chi connectivity index (χ1v) is 4.79. The van der Waals surface area contributed by atoms with Crippen LogP contribution in [0.1, 0.15) is 6.42 Å². The standard InChI is InChI=1S/C7H9O2P/c8-7(9)3-6-10-4-1-2-5-10/h1,3-4,6H,2,5H2,(H,8,9). The maximum Gasteiger partial charge on any atom is 0.328 e. The largest absolute Gasteiger partial charge is 0.478 e. The van der Waals surface area contributed by atoms with Crippen LogP contribution in [0.2, 0.25) is 0 Å². The maximum atomic E-state index is 10.1. The minimum absolute atomic E-state index is 0.220. The van der Waals surface area contributed by atoms with Crippen LogP contribution in [-0.2, 0) is 4.79 Å². The van der Waals surface area contributed by atoms with Crippen LogP contribution in [0.25, 0.3) is 0 Å². The van der Waals surface area contributed by atoms with Crippen molar-refractivity contribution in [2.45, 2.75) is 6.42 Å². The molecule has 1 atom stereocenters. The molecule has 0 aromatic rings. The molecule has 0 saturated carbocycles. The van der Waals surface area contributed by atoms with E-state index in [9.17, 15) is 4.79 Å². The third-order valence-corrected chi connectivity index (χ3v) is 3.16. The van der Waals surface area contributed by atoms with Gasteiger partial charge in [0.1, 0.15) is 0 Å². The van der Waals surface area contributed by atoms with Gasteiger partial charge in [0, 0.05) is 6.08 Å². The molecule has 3 heteroatoms. The average Bonchev–Trinajstić information content (AvgIpc) is 2.34. The van der Waals surface area contributed by atoms with Gasteiger partial charge in [-0.15, -0.1) is 0 Å². The molecule has 0 bridgehead atoms. The Morgan fingerprint density at radius 3 is 3.00 bits per heavy atom. The van der Waals surface area contributed by atoms with E-state index in [2.05, 4.69) is 11.9 Å². The molecule has 0 amide bonds. The zero-order chi connectivity index (χ0) is 7.40. The van der Waals surface area contributed by atoms with Crippen molar-refractivity contribution < 1.29 is 9.90 Å². The lowest BCUT2D eigenvalue weighted by Crippen LogP contribution is -1.84. The maximum absolute atomic E-state index is 10.1. The molecule has 1 heterocycles. The van der Waals surface area contributed by atoms with Crippen molar-refractivity contribution in [3.05, 3.63) is 23.8 Å². The second-order valence-electron chi connectivity index (χ2n) is 2.07. The Morgan fingerprint density at radius 2 is 2.50 bits per heavy atom. The Morgan fingerprint density at radius 1 is 1.70 bits per heavy atom. The van der Waals surface area contributed by atoms with Gasteiger partial charge in [-0.3, -0.25) is 0 Å². The molecule has 54 valence electrons. The van der Waals surface area contributed by atoms with Crippen molar-refractivity contribution in [3.63, 3.8) is 0 Å². The van der Waals surface area contributed by atoms with Gasteiger partial charge in [0.15, 0.2) is 0 Å². The molecule has 1 aliphatic heterocycles. The van der Waals surface area contributed by atoms with Gasteiger partial charge >= 0.3 is 5.97 Å². The lowest BCUT2D eigenvalue weighted by molar-refractivity contribution is -0.131. The van der Waals surface area contributed by atoms with E-state index in [0.717, 1.165) is 12.6 Å². The van der Waals surface area contributed by atoms with Crippen LogP contribution in [0.15, 0.2) is 23.8 Å². The number of allylic oxidation sites excluding steroid dienone is 1. The predicted octanol–water partition coefficient (Wildman–Crippen LogP) is 1.98. The SMILES string of the molecule is O=C(O)C=CP1C=CCC1. The van der Waals surface area contributed by atoms with Crippen LogP contribution in [0.4, 0.5) is 0 Å². The number of carboxylic acid groups (broad SMARTS) is 1. The van der Waals surface area contributed by atoms with Crippen LogP contribution in [0, 0.1) is 0 Å². The first kappa shape index (κ1) is 7.49. The zero-order valence-electron chi connectivity index (χ0n) is 5.53. The second kappa shape index (κ2) is 3.52. The molecular formula is C7H9O2P. The van der Waals surface area contributed by atoms with E-state index in [1.807, 2.05) is 0 Å². The number of hydrogen-bond donors (Lipinski definition) is 1. The summed E-state index contributed by atoms with van der Waals surface area (Å²) in [7, 11) is -0.220. The summed E-state index contributed by atoms with van der Waals surface area (Å²) in [6.45, 7) is 0. The Labute approximate surface area is 61.0 Å². The first-order valence-electron chi connectivity index (χ1n) is 3.12. The highest BCUT2D eigenvalue weighted by molar-refractivity contribution is 7.64. The Kier molecular flexibility index (Phi) is 2.64. The van der Waals surface area contributed by atoms with Gasteiger partial charge in [0.05, 0.1) is 0 Å². The summed E-state index contributed by atoms with van der Waals surface area (Å²) in [4.78, 5) is 10.1. The molecule has 0 fully saturated rings. The number of aliphatic carboxylic acids is 1. The van der Waals surface area contributed by atoms with Gasteiger partial charge in [-0.1, -0.05) is 19.8 Å². The monoisotopic (exact) mass is 156 g/mol. The van der Waals surface area contributed by atoms with Crippen molar-refractivity contribution in [2.24, 2.45) is 0 Å². The normalized spacial score (nSPS) is 24.2. The van der Waals surface area contributed by atoms with Crippen molar-refractivity contribution in [1.82, 2.24) is 0 Å². The summed E-state index contributed by atoms with van der Waals surface area (Å²) in [5, 5.41) is 8.27. The summed E-state index contributed by atoms with van der Waals surface area (Å²) in [6, 6.07) is 0. The predicted molar refractivity (Wildman–Crippen MR) is 42.3 cm³/mol. The van der Waals surface area contributed by atoms with Gasteiger partial charge in [0.25, 0.3) is 0 Å². The molecule has 1 unspecified atom stereocenters.